The van der Waals surface area contributed by atoms with Gasteiger partial charge in [-0.2, -0.15) is 0 Å². The molecule has 144 valence electrons. The number of rotatable bonds is 7. The summed E-state index contributed by atoms with van der Waals surface area (Å²) in [5.74, 6) is 0.323. The van der Waals surface area contributed by atoms with Crippen LogP contribution in [0.1, 0.15) is 13.8 Å². The minimum absolute atomic E-state index is 0.00885. The number of hydrogen-bond acceptors (Lipinski definition) is 5. The monoisotopic (exact) mass is 391 g/mol. The van der Waals surface area contributed by atoms with Crippen molar-refractivity contribution in [3.63, 3.8) is 0 Å². The average molecular weight is 392 g/mol. The summed E-state index contributed by atoms with van der Waals surface area (Å²) >= 11 is 5.82. The maximum atomic E-state index is 12.3. The Bertz CT molecular complexity index is 777. The van der Waals surface area contributed by atoms with E-state index in [0.29, 0.717) is 10.8 Å². The highest BCUT2D eigenvalue weighted by atomic mass is 35.5. The van der Waals surface area contributed by atoms with Crippen LogP contribution in [0.2, 0.25) is 5.02 Å². The van der Waals surface area contributed by atoms with Gasteiger partial charge in [0.15, 0.2) is 5.60 Å². The quantitative estimate of drug-likeness (QED) is 0.631. The van der Waals surface area contributed by atoms with E-state index in [0.717, 1.165) is 11.4 Å². The zero-order chi connectivity index (χ0) is 19.9. The van der Waals surface area contributed by atoms with Crippen molar-refractivity contribution in [2.24, 2.45) is 0 Å². The Labute approximate surface area is 163 Å². The van der Waals surface area contributed by atoms with Crippen LogP contribution in [0.15, 0.2) is 48.5 Å². The molecule has 0 bridgehead atoms. The maximum Gasteiger partial charge on any atom is 0.281 e. The first-order valence-corrected chi connectivity index (χ1v) is 8.60. The first kappa shape index (κ1) is 20.4. The number of carbonyl (C=O) groups is 2. The van der Waals surface area contributed by atoms with Crippen molar-refractivity contribution >= 4 is 29.1 Å². The standard InChI is InChI=1S/C19H22ClN3O4/c1-19(2,27-16-8-4-13(20)5-9-16)18(25)23-22-17(24)12-21-14-6-10-15(26-3)11-7-14/h4-11,21H,12H2,1-3H3,(H,22,24)(H,23,25). The SMILES string of the molecule is COc1ccc(NCC(=O)NNC(=O)C(C)(C)Oc2ccc(Cl)cc2)cc1. The van der Waals surface area contributed by atoms with Crippen molar-refractivity contribution in [3.05, 3.63) is 53.6 Å². The van der Waals surface area contributed by atoms with E-state index in [1.54, 1.807) is 69.5 Å². The molecule has 0 spiro atoms. The Balaban J connectivity index is 1.78. The Morgan fingerprint density at radius 2 is 1.56 bits per heavy atom. The van der Waals surface area contributed by atoms with E-state index in [1.165, 1.54) is 0 Å². The van der Waals surface area contributed by atoms with Crippen molar-refractivity contribution in [3.8, 4) is 11.5 Å². The van der Waals surface area contributed by atoms with Gasteiger partial charge in [-0.3, -0.25) is 20.4 Å². The Morgan fingerprint density at radius 1 is 0.963 bits per heavy atom. The summed E-state index contributed by atoms with van der Waals surface area (Å²) in [5.41, 5.74) is 4.27. The molecule has 0 heterocycles. The van der Waals surface area contributed by atoms with Gasteiger partial charge in [-0.05, 0) is 62.4 Å². The molecular formula is C19H22ClN3O4. The molecule has 0 aliphatic rings. The van der Waals surface area contributed by atoms with Gasteiger partial charge in [0.1, 0.15) is 11.5 Å². The molecule has 0 atom stereocenters. The van der Waals surface area contributed by atoms with Gasteiger partial charge in [-0.25, -0.2) is 0 Å². The lowest BCUT2D eigenvalue weighted by Crippen LogP contribution is -2.53. The van der Waals surface area contributed by atoms with Gasteiger partial charge >= 0.3 is 0 Å². The van der Waals surface area contributed by atoms with E-state index in [-0.39, 0.29) is 6.54 Å². The highest BCUT2D eigenvalue weighted by Crippen LogP contribution is 2.21. The second-order valence-electron chi connectivity index (χ2n) is 6.15. The predicted molar refractivity (Wildman–Crippen MR) is 104 cm³/mol. The lowest BCUT2D eigenvalue weighted by Gasteiger charge is -2.25. The van der Waals surface area contributed by atoms with Gasteiger partial charge in [-0.15, -0.1) is 0 Å². The van der Waals surface area contributed by atoms with Gasteiger partial charge in [0.25, 0.3) is 11.8 Å². The molecule has 2 rings (SSSR count). The molecule has 0 unspecified atom stereocenters. The van der Waals surface area contributed by atoms with Gasteiger partial charge in [0.05, 0.1) is 13.7 Å². The summed E-state index contributed by atoms with van der Waals surface area (Å²) in [5, 5.41) is 3.51. The van der Waals surface area contributed by atoms with E-state index in [9.17, 15) is 9.59 Å². The Kier molecular flexibility index (Phi) is 6.90. The highest BCUT2D eigenvalue weighted by Gasteiger charge is 2.30. The normalized spacial score (nSPS) is 10.7. The van der Waals surface area contributed by atoms with Crippen LogP contribution in [0.5, 0.6) is 11.5 Å². The highest BCUT2D eigenvalue weighted by molar-refractivity contribution is 6.30. The zero-order valence-corrected chi connectivity index (χ0v) is 16.1. The number of benzene rings is 2. The number of halogens is 1. The number of amides is 2. The number of nitrogens with one attached hydrogen (secondary N) is 3. The van der Waals surface area contributed by atoms with Crippen molar-refractivity contribution in [2.75, 3.05) is 19.0 Å². The molecule has 7 nitrogen and oxygen atoms in total. The predicted octanol–water partition coefficient (Wildman–Crippen LogP) is 2.77. The fourth-order valence-corrected chi connectivity index (χ4v) is 2.18. The summed E-state index contributed by atoms with van der Waals surface area (Å²) in [6.07, 6.45) is 0. The molecule has 27 heavy (non-hydrogen) atoms. The molecule has 0 saturated carbocycles. The minimum atomic E-state index is -1.19. The lowest BCUT2D eigenvalue weighted by molar-refractivity contribution is -0.137. The van der Waals surface area contributed by atoms with Crippen LogP contribution in [0.3, 0.4) is 0 Å². The van der Waals surface area contributed by atoms with Crippen LogP contribution in [-0.2, 0) is 9.59 Å². The van der Waals surface area contributed by atoms with Crippen LogP contribution in [0.25, 0.3) is 0 Å². The van der Waals surface area contributed by atoms with Crippen LogP contribution in [-0.4, -0.2) is 31.1 Å². The summed E-state index contributed by atoms with van der Waals surface area (Å²) in [6.45, 7) is 3.18. The van der Waals surface area contributed by atoms with E-state index < -0.39 is 17.4 Å². The van der Waals surface area contributed by atoms with Crippen LogP contribution >= 0.6 is 11.6 Å². The lowest BCUT2D eigenvalue weighted by atomic mass is 10.1. The van der Waals surface area contributed by atoms with Gasteiger partial charge < -0.3 is 14.8 Å². The van der Waals surface area contributed by atoms with Crippen LogP contribution in [0, 0.1) is 0 Å². The number of carbonyl (C=O) groups excluding carboxylic acids is 2. The third-order valence-electron chi connectivity index (χ3n) is 3.59. The smallest absolute Gasteiger partial charge is 0.281 e. The molecule has 0 saturated heterocycles. The van der Waals surface area contributed by atoms with Gasteiger partial charge in [-0.1, -0.05) is 11.6 Å². The molecule has 0 fully saturated rings. The third-order valence-corrected chi connectivity index (χ3v) is 3.84. The van der Waals surface area contributed by atoms with Crippen molar-refractivity contribution < 1.29 is 19.1 Å². The number of hydrazine groups is 1. The molecule has 3 N–H and O–H groups in total. The van der Waals surface area contributed by atoms with Crippen LogP contribution < -0.4 is 25.6 Å². The van der Waals surface area contributed by atoms with E-state index in [1.807, 2.05) is 0 Å². The number of methoxy groups -OCH3 is 1. The topological polar surface area (TPSA) is 88.7 Å². The number of hydrogen-bond donors (Lipinski definition) is 3. The fourth-order valence-electron chi connectivity index (χ4n) is 2.06. The average Bonchev–Trinajstić information content (AvgIpc) is 2.66. The Morgan fingerprint density at radius 3 is 2.15 bits per heavy atom. The van der Waals surface area contributed by atoms with E-state index >= 15 is 0 Å². The second kappa shape index (κ2) is 9.14. The molecule has 2 aromatic rings. The molecule has 0 radical (unpaired) electrons. The number of ether oxygens (including phenoxy) is 2. The Hall–Kier alpha value is -2.93. The molecule has 2 aromatic carbocycles. The number of anilines is 1. The first-order chi connectivity index (χ1) is 12.8. The van der Waals surface area contributed by atoms with E-state index in [4.69, 9.17) is 21.1 Å². The van der Waals surface area contributed by atoms with Crippen molar-refractivity contribution in [1.29, 1.82) is 0 Å². The third kappa shape index (κ3) is 6.38. The minimum Gasteiger partial charge on any atom is -0.497 e. The molecule has 2 amide bonds. The summed E-state index contributed by atoms with van der Waals surface area (Å²) in [7, 11) is 1.58. The molecular weight excluding hydrogens is 370 g/mol. The van der Waals surface area contributed by atoms with Crippen molar-refractivity contribution in [1.82, 2.24) is 10.9 Å². The van der Waals surface area contributed by atoms with E-state index in [2.05, 4.69) is 16.2 Å². The zero-order valence-electron chi connectivity index (χ0n) is 15.3. The summed E-state index contributed by atoms with van der Waals surface area (Å²) < 4.78 is 10.7. The first-order valence-electron chi connectivity index (χ1n) is 8.22. The molecule has 0 aliphatic carbocycles. The molecule has 0 aliphatic heterocycles. The molecule has 0 aromatic heterocycles. The fraction of sp³-hybridized carbons (Fsp3) is 0.263. The van der Waals surface area contributed by atoms with Gasteiger partial charge in [0, 0.05) is 10.7 Å². The summed E-state index contributed by atoms with van der Waals surface area (Å²) in [4.78, 5) is 24.2. The maximum absolute atomic E-state index is 12.3. The van der Waals surface area contributed by atoms with Crippen molar-refractivity contribution in [2.45, 2.75) is 19.4 Å². The van der Waals surface area contributed by atoms with Crippen LogP contribution in [0.4, 0.5) is 5.69 Å². The summed E-state index contributed by atoms with van der Waals surface area (Å²) in [6, 6.07) is 13.8. The molecule has 8 heteroatoms. The largest absolute Gasteiger partial charge is 0.497 e. The second-order valence-corrected chi connectivity index (χ2v) is 6.59. The van der Waals surface area contributed by atoms with Gasteiger partial charge in [0.2, 0.25) is 0 Å².